The van der Waals surface area contributed by atoms with E-state index in [1.165, 1.54) is 6.92 Å². The number of halogens is 2. The molecule has 96 valence electrons. The molecule has 2 rings (SSSR count). The molecule has 1 aromatic rings. The summed E-state index contributed by atoms with van der Waals surface area (Å²) in [5.41, 5.74) is -2.36. The quantitative estimate of drug-likeness (QED) is 0.876. The van der Waals surface area contributed by atoms with E-state index in [0.717, 1.165) is 31.0 Å². The normalized spacial score (nSPS) is 21.3. The molecule has 0 heterocycles. The molecule has 18 heavy (non-hydrogen) atoms. The van der Waals surface area contributed by atoms with Crippen LogP contribution in [0.5, 0.6) is 0 Å². The standard InChI is InChI=1S/C14H15F2NO/c1-13(18,14(9-17)4-2-3-5-14)10-6-11(15)8-12(16)7-10/h6-8,18H,2-5H2,1H3. The fourth-order valence-corrected chi connectivity index (χ4v) is 2.80. The molecule has 0 aromatic heterocycles. The molecule has 1 aromatic carbocycles. The topological polar surface area (TPSA) is 44.0 Å². The molecule has 0 amide bonds. The van der Waals surface area contributed by atoms with Crippen LogP contribution in [0.1, 0.15) is 38.2 Å². The molecule has 0 saturated heterocycles. The Morgan fingerprint density at radius 3 is 2.17 bits per heavy atom. The van der Waals surface area contributed by atoms with Crippen LogP contribution < -0.4 is 0 Å². The molecule has 0 spiro atoms. The Hall–Kier alpha value is -1.47. The van der Waals surface area contributed by atoms with Crippen molar-refractivity contribution >= 4 is 0 Å². The summed E-state index contributed by atoms with van der Waals surface area (Å²) in [7, 11) is 0. The third kappa shape index (κ3) is 1.89. The maximum Gasteiger partial charge on any atom is 0.126 e. The number of benzene rings is 1. The van der Waals surface area contributed by atoms with E-state index in [9.17, 15) is 19.1 Å². The fraction of sp³-hybridized carbons (Fsp3) is 0.500. The fourth-order valence-electron chi connectivity index (χ4n) is 2.80. The van der Waals surface area contributed by atoms with E-state index in [1.807, 2.05) is 0 Å². The van der Waals surface area contributed by atoms with E-state index in [-0.39, 0.29) is 5.56 Å². The van der Waals surface area contributed by atoms with Gasteiger partial charge in [-0.2, -0.15) is 5.26 Å². The van der Waals surface area contributed by atoms with E-state index >= 15 is 0 Å². The zero-order valence-corrected chi connectivity index (χ0v) is 10.2. The van der Waals surface area contributed by atoms with Crippen LogP contribution in [0, 0.1) is 28.4 Å². The zero-order chi connectivity index (χ0) is 13.4. The van der Waals surface area contributed by atoms with Crippen LogP contribution in [0.4, 0.5) is 8.78 Å². The molecule has 1 unspecified atom stereocenters. The third-order valence-electron chi connectivity index (χ3n) is 4.03. The third-order valence-corrected chi connectivity index (χ3v) is 4.03. The van der Waals surface area contributed by atoms with Crippen molar-refractivity contribution in [2.24, 2.45) is 5.41 Å². The zero-order valence-electron chi connectivity index (χ0n) is 10.2. The Morgan fingerprint density at radius 1 is 1.22 bits per heavy atom. The van der Waals surface area contributed by atoms with Crippen LogP contribution in [0.3, 0.4) is 0 Å². The molecule has 1 N–H and O–H groups in total. The second-order valence-corrected chi connectivity index (χ2v) is 5.13. The van der Waals surface area contributed by atoms with Crippen molar-refractivity contribution in [3.63, 3.8) is 0 Å². The Labute approximate surface area is 105 Å². The number of aliphatic hydroxyl groups is 1. The lowest BCUT2D eigenvalue weighted by Gasteiger charge is -2.37. The lowest BCUT2D eigenvalue weighted by atomic mass is 9.69. The number of hydrogen-bond acceptors (Lipinski definition) is 2. The van der Waals surface area contributed by atoms with E-state index in [0.29, 0.717) is 12.8 Å². The monoisotopic (exact) mass is 251 g/mol. The van der Waals surface area contributed by atoms with Gasteiger partial charge in [0.2, 0.25) is 0 Å². The molecule has 1 atom stereocenters. The average molecular weight is 251 g/mol. The molecule has 4 heteroatoms. The summed E-state index contributed by atoms with van der Waals surface area (Å²) in [5.74, 6) is -1.48. The van der Waals surface area contributed by atoms with Gasteiger partial charge in [-0.3, -0.25) is 0 Å². The molecule has 1 aliphatic rings. The van der Waals surface area contributed by atoms with Crippen molar-refractivity contribution in [2.75, 3.05) is 0 Å². The number of hydrogen-bond donors (Lipinski definition) is 1. The van der Waals surface area contributed by atoms with E-state index in [4.69, 9.17) is 0 Å². The molecule has 0 aliphatic heterocycles. The number of nitrogens with zero attached hydrogens (tertiary/aromatic N) is 1. The van der Waals surface area contributed by atoms with Gasteiger partial charge in [0.15, 0.2) is 0 Å². The van der Waals surface area contributed by atoms with Crippen LogP contribution in [0.25, 0.3) is 0 Å². The molecule has 0 radical (unpaired) electrons. The summed E-state index contributed by atoms with van der Waals surface area (Å²) in [6.45, 7) is 1.47. The highest BCUT2D eigenvalue weighted by Crippen LogP contribution is 2.50. The Balaban J connectivity index is 2.50. The van der Waals surface area contributed by atoms with Crippen molar-refractivity contribution < 1.29 is 13.9 Å². The molecule has 1 aliphatic carbocycles. The van der Waals surface area contributed by atoms with Crippen molar-refractivity contribution in [1.29, 1.82) is 5.26 Å². The minimum absolute atomic E-state index is 0.128. The summed E-state index contributed by atoms with van der Waals surface area (Å²) in [6, 6.07) is 5.11. The largest absolute Gasteiger partial charge is 0.384 e. The summed E-state index contributed by atoms with van der Waals surface area (Å²) < 4.78 is 26.5. The first-order chi connectivity index (χ1) is 8.41. The highest BCUT2D eigenvalue weighted by molar-refractivity contribution is 5.30. The first kappa shape index (κ1) is 13.0. The minimum atomic E-state index is -1.54. The second kappa shape index (κ2) is 4.33. The van der Waals surface area contributed by atoms with Gasteiger partial charge in [-0.1, -0.05) is 12.8 Å². The van der Waals surface area contributed by atoms with E-state index in [1.54, 1.807) is 0 Å². The van der Waals surface area contributed by atoms with E-state index in [2.05, 4.69) is 6.07 Å². The van der Waals surface area contributed by atoms with Crippen LogP contribution in [-0.2, 0) is 5.60 Å². The van der Waals surface area contributed by atoms with Crippen LogP contribution in [0.15, 0.2) is 18.2 Å². The van der Waals surface area contributed by atoms with Gasteiger partial charge in [0.25, 0.3) is 0 Å². The van der Waals surface area contributed by atoms with Gasteiger partial charge >= 0.3 is 0 Å². The second-order valence-electron chi connectivity index (χ2n) is 5.13. The van der Waals surface area contributed by atoms with Crippen molar-refractivity contribution in [3.8, 4) is 6.07 Å². The summed E-state index contributed by atoms with van der Waals surface area (Å²) >= 11 is 0. The molecular weight excluding hydrogens is 236 g/mol. The van der Waals surface area contributed by atoms with Crippen LogP contribution in [-0.4, -0.2) is 5.11 Å². The molecule has 2 nitrogen and oxygen atoms in total. The predicted molar refractivity (Wildman–Crippen MR) is 62.4 cm³/mol. The molecule has 1 saturated carbocycles. The maximum atomic E-state index is 13.2. The highest BCUT2D eigenvalue weighted by atomic mass is 19.1. The summed E-state index contributed by atoms with van der Waals surface area (Å²) in [5, 5.41) is 20.0. The van der Waals surface area contributed by atoms with Gasteiger partial charge in [-0.05, 0) is 37.5 Å². The SMILES string of the molecule is CC(O)(c1cc(F)cc(F)c1)C1(C#N)CCCC1. The lowest BCUT2D eigenvalue weighted by Crippen LogP contribution is -2.40. The minimum Gasteiger partial charge on any atom is -0.384 e. The Bertz CT molecular complexity index is 479. The maximum absolute atomic E-state index is 13.2. The van der Waals surface area contributed by atoms with Gasteiger partial charge < -0.3 is 5.11 Å². The lowest BCUT2D eigenvalue weighted by molar-refractivity contribution is -0.0426. The van der Waals surface area contributed by atoms with Crippen molar-refractivity contribution in [1.82, 2.24) is 0 Å². The first-order valence-corrected chi connectivity index (χ1v) is 6.01. The van der Waals surface area contributed by atoms with Crippen LogP contribution >= 0.6 is 0 Å². The summed E-state index contributed by atoms with van der Waals surface area (Å²) in [4.78, 5) is 0. The van der Waals surface area contributed by atoms with Crippen molar-refractivity contribution in [3.05, 3.63) is 35.4 Å². The van der Waals surface area contributed by atoms with Crippen LogP contribution in [0.2, 0.25) is 0 Å². The van der Waals surface area contributed by atoms with Gasteiger partial charge in [0.1, 0.15) is 17.2 Å². The number of rotatable bonds is 2. The Morgan fingerprint density at radius 2 is 1.72 bits per heavy atom. The number of nitriles is 1. The van der Waals surface area contributed by atoms with Gasteiger partial charge in [0.05, 0.1) is 11.5 Å². The van der Waals surface area contributed by atoms with Gasteiger partial charge in [-0.25, -0.2) is 8.78 Å². The molecule has 0 bridgehead atoms. The summed E-state index contributed by atoms with van der Waals surface area (Å²) in [6.07, 6.45) is 2.80. The van der Waals surface area contributed by atoms with E-state index < -0.39 is 22.7 Å². The molecule has 1 fully saturated rings. The Kier molecular flexibility index (Phi) is 3.12. The van der Waals surface area contributed by atoms with Gasteiger partial charge in [0, 0.05) is 6.07 Å². The van der Waals surface area contributed by atoms with Crippen molar-refractivity contribution in [2.45, 2.75) is 38.2 Å². The predicted octanol–water partition coefficient (Wildman–Crippen LogP) is 3.26. The average Bonchev–Trinajstić information content (AvgIpc) is 2.77. The highest BCUT2D eigenvalue weighted by Gasteiger charge is 2.50. The van der Waals surface area contributed by atoms with Gasteiger partial charge in [-0.15, -0.1) is 0 Å². The smallest absolute Gasteiger partial charge is 0.126 e. The molecular formula is C14H15F2NO. The first-order valence-electron chi connectivity index (χ1n) is 6.01.